The summed E-state index contributed by atoms with van der Waals surface area (Å²) < 4.78 is 1.94. The van der Waals surface area contributed by atoms with E-state index in [1.54, 1.807) is 24.7 Å². The first-order chi connectivity index (χ1) is 11.8. The Kier molecular flexibility index (Phi) is 3.76. The molecule has 0 fully saturated rings. The SMILES string of the molecule is O=C(N=c1sccn1Cc1cccnc1)c1c[nH]c2ncccc12. The zero-order valence-corrected chi connectivity index (χ0v) is 13.4. The summed E-state index contributed by atoms with van der Waals surface area (Å²) in [5.41, 5.74) is 2.27. The van der Waals surface area contributed by atoms with Crippen molar-refractivity contribution < 1.29 is 4.79 Å². The molecule has 0 spiro atoms. The normalized spacial score (nSPS) is 11.9. The molecule has 1 N–H and O–H groups in total. The lowest BCUT2D eigenvalue weighted by Gasteiger charge is -2.02. The number of thiazole rings is 1. The number of pyridine rings is 2. The van der Waals surface area contributed by atoms with Crippen LogP contribution in [0.1, 0.15) is 15.9 Å². The summed E-state index contributed by atoms with van der Waals surface area (Å²) >= 11 is 1.43. The van der Waals surface area contributed by atoms with Crippen molar-refractivity contribution in [1.82, 2.24) is 19.5 Å². The molecule has 0 aliphatic heterocycles. The first kappa shape index (κ1) is 14.5. The molecule has 4 aromatic rings. The predicted molar refractivity (Wildman–Crippen MR) is 91.6 cm³/mol. The second kappa shape index (κ2) is 6.21. The Balaban J connectivity index is 1.69. The van der Waals surface area contributed by atoms with Crippen molar-refractivity contribution >= 4 is 28.3 Å². The Morgan fingerprint density at radius 2 is 2.21 bits per heavy atom. The number of rotatable bonds is 3. The van der Waals surface area contributed by atoms with Crippen LogP contribution in [0.5, 0.6) is 0 Å². The van der Waals surface area contributed by atoms with E-state index in [9.17, 15) is 4.79 Å². The maximum Gasteiger partial charge on any atom is 0.281 e. The number of fused-ring (bicyclic) bond motifs is 1. The van der Waals surface area contributed by atoms with E-state index in [2.05, 4.69) is 19.9 Å². The quantitative estimate of drug-likeness (QED) is 0.625. The van der Waals surface area contributed by atoms with Crippen molar-refractivity contribution in [2.24, 2.45) is 4.99 Å². The number of nitrogens with one attached hydrogen (secondary N) is 1. The van der Waals surface area contributed by atoms with E-state index in [-0.39, 0.29) is 5.91 Å². The van der Waals surface area contributed by atoms with Gasteiger partial charge in [-0.15, -0.1) is 11.3 Å². The second-order valence-corrected chi connectivity index (χ2v) is 6.07. The number of hydrogen-bond donors (Lipinski definition) is 1. The average Bonchev–Trinajstić information content (AvgIpc) is 3.23. The van der Waals surface area contributed by atoms with Gasteiger partial charge in [0, 0.05) is 41.8 Å². The van der Waals surface area contributed by atoms with E-state index >= 15 is 0 Å². The van der Waals surface area contributed by atoms with E-state index in [4.69, 9.17) is 0 Å². The maximum absolute atomic E-state index is 12.6. The molecular weight excluding hydrogens is 322 g/mol. The molecule has 0 saturated carbocycles. The zero-order chi connectivity index (χ0) is 16.4. The Morgan fingerprint density at radius 1 is 1.29 bits per heavy atom. The summed E-state index contributed by atoms with van der Waals surface area (Å²) in [5.74, 6) is -0.281. The topological polar surface area (TPSA) is 75.9 Å². The van der Waals surface area contributed by atoms with Crippen LogP contribution in [0.3, 0.4) is 0 Å². The Labute approximate surface area is 141 Å². The van der Waals surface area contributed by atoms with Gasteiger partial charge in [-0.2, -0.15) is 4.99 Å². The van der Waals surface area contributed by atoms with Gasteiger partial charge in [0.05, 0.1) is 12.1 Å². The average molecular weight is 335 g/mol. The fourth-order valence-corrected chi connectivity index (χ4v) is 3.20. The lowest BCUT2D eigenvalue weighted by Crippen LogP contribution is -2.17. The van der Waals surface area contributed by atoms with Crippen LogP contribution in [-0.4, -0.2) is 25.4 Å². The first-order valence-electron chi connectivity index (χ1n) is 7.35. The smallest absolute Gasteiger partial charge is 0.281 e. The van der Waals surface area contributed by atoms with Gasteiger partial charge in [0.1, 0.15) is 5.65 Å². The van der Waals surface area contributed by atoms with Gasteiger partial charge in [0.25, 0.3) is 5.91 Å². The highest BCUT2D eigenvalue weighted by molar-refractivity contribution is 7.07. The standard InChI is InChI=1S/C17H13N5OS/c23-16(14-10-20-15-13(14)4-2-6-19-15)21-17-22(7-8-24-17)11-12-3-1-5-18-9-12/h1-10H,11H2,(H,19,20). The van der Waals surface area contributed by atoms with E-state index < -0.39 is 0 Å². The lowest BCUT2D eigenvalue weighted by atomic mass is 10.2. The van der Waals surface area contributed by atoms with Gasteiger partial charge < -0.3 is 9.55 Å². The number of aromatic nitrogens is 4. The Bertz CT molecular complexity index is 1060. The fourth-order valence-electron chi connectivity index (χ4n) is 2.48. The zero-order valence-electron chi connectivity index (χ0n) is 12.6. The van der Waals surface area contributed by atoms with Crippen LogP contribution in [0.2, 0.25) is 0 Å². The molecule has 0 radical (unpaired) electrons. The highest BCUT2D eigenvalue weighted by Crippen LogP contribution is 2.16. The van der Waals surface area contributed by atoms with Crippen LogP contribution in [0.25, 0.3) is 11.0 Å². The number of H-pyrrole nitrogens is 1. The molecule has 0 aliphatic carbocycles. The Morgan fingerprint density at radius 3 is 3.08 bits per heavy atom. The molecule has 0 aliphatic rings. The molecule has 118 valence electrons. The fraction of sp³-hybridized carbons (Fsp3) is 0.0588. The van der Waals surface area contributed by atoms with E-state index in [1.165, 1.54) is 11.3 Å². The second-order valence-electron chi connectivity index (χ2n) is 5.19. The van der Waals surface area contributed by atoms with E-state index in [0.717, 1.165) is 10.9 Å². The van der Waals surface area contributed by atoms with Crippen LogP contribution in [-0.2, 0) is 6.54 Å². The molecular formula is C17H13N5OS. The molecule has 4 rings (SSSR count). The molecule has 0 aromatic carbocycles. The molecule has 24 heavy (non-hydrogen) atoms. The molecule has 7 heteroatoms. The summed E-state index contributed by atoms with van der Waals surface area (Å²) in [6.45, 7) is 0.624. The summed E-state index contributed by atoms with van der Waals surface area (Å²) in [7, 11) is 0. The van der Waals surface area contributed by atoms with E-state index in [0.29, 0.717) is 22.6 Å². The van der Waals surface area contributed by atoms with Gasteiger partial charge >= 0.3 is 0 Å². The van der Waals surface area contributed by atoms with Crippen molar-refractivity contribution in [2.75, 3.05) is 0 Å². The van der Waals surface area contributed by atoms with E-state index in [1.807, 2.05) is 40.5 Å². The molecule has 4 heterocycles. The van der Waals surface area contributed by atoms with Crippen molar-refractivity contribution in [3.63, 3.8) is 0 Å². The van der Waals surface area contributed by atoms with Crippen molar-refractivity contribution in [3.8, 4) is 0 Å². The van der Waals surface area contributed by atoms with Crippen molar-refractivity contribution in [2.45, 2.75) is 6.54 Å². The summed E-state index contributed by atoms with van der Waals surface area (Å²) in [4.78, 5) is 28.8. The molecule has 0 unspecified atom stereocenters. The lowest BCUT2D eigenvalue weighted by molar-refractivity contribution is 0.0999. The third kappa shape index (κ3) is 2.77. The minimum atomic E-state index is -0.281. The monoisotopic (exact) mass is 335 g/mol. The number of nitrogens with zero attached hydrogens (tertiary/aromatic N) is 4. The highest BCUT2D eigenvalue weighted by atomic mass is 32.1. The van der Waals surface area contributed by atoms with Crippen LogP contribution in [0.4, 0.5) is 0 Å². The van der Waals surface area contributed by atoms with Gasteiger partial charge in [-0.05, 0) is 23.8 Å². The number of carbonyl (C=O) groups excluding carboxylic acids is 1. The number of carbonyl (C=O) groups is 1. The van der Waals surface area contributed by atoms with Crippen molar-refractivity contribution in [1.29, 1.82) is 0 Å². The first-order valence-corrected chi connectivity index (χ1v) is 8.23. The molecule has 4 aromatic heterocycles. The van der Waals surface area contributed by atoms with Gasteiger partial charge in [-0.1, -0.05) is 6.07 Å². The largest absolute Gasteiger partial charge is 0.345 e. The third-order valence-corrected chi connectivity index (χ3v) is 4.41. The maximum atomic E-state index is 12.6. The van der Waals surface area contributed by atoms with Crippen LogP contribution in [0.15, 0.2) is 65.6 Å². The predicted octanol–water partition coefficient (Wildman–Crippen LogP) is 2.61. The molecule has 0 saturated heterocycles. The molecule has 0 atom stereocenters. The van der Waals surface area contributed by atoms with Gasteiger partial charge in [0.2, 0.25) is 0 Å². The van der Waals surface area contributed by atoms with Gasteiger partial charge in [0.15, 0.2) is 4.80 Å². The minimum absolute atomic E-state index is 0.281. The highest BCUT2D eigenvalue weighted by Gasteiger charge is 2.12. The van der Waals surface area contributed by atoms with Gasteiger partial charge in [-0.3, -0.25) is 9.78 Å². The molecule has 0 bridgehead atoms. The molecule has 1 amide bonds. The Hall–Kier alpha value is -3.06. The summed E-state index contributed by atoms with van der Waals surface area (Å²) in [6, 6.07) is 7.55. The summed E-state index contributed by atoms with van der Waals surface area (Å²) in [6.07, 6.45) is 8.80. The third-order valence-electron chi connectivity index (χ3n) is 3.61. The minimum Gasteiger partial charge on any atom is -0.345 e. The molecule has 6 nitrogen and oxygen atoms in total. The number of amides is 1. The van der Waals surface area contributed by atoms with Crippen LogP contribution in [0, 0.1) is 0 Å². The van der Waals surface area contributed by atoms with Crippen LogP contribution >= 0.6 is 11.3 Å². The van der Waals surface area contributed by atoms with Crippen molar-refractivity contribution in [3.05, 3.63) is 76.6 Å². The van der Waals surface area contributed by atoms with Crippen LogP contribution < -0.4 is 4.80 Å². The van der Waals surface area contributed by atoms with Gasteiger partial charge in [-0.25, -0.2) is 4.98 Å². The number of aromatic amines is 1. The number of hydrogen-bond acceptors (Lipinski definition) is 4. The summed E-state index contributed by atoms with van der Waals surface area (Å²) in [5, 5.41) is 2.70.